The van der Waals surface area contributed by atoms with Gasteiger partial charge in [-0.25, -0.2) is 0 Å². The Morgan fingerprint density at radius 2 is 2.18 bits per heavy atom. The lowest BCUT2D eigenvalue weighted by atomic mass is 10.1. The van der Waals surface area contributed by atoms with Crippen LogP contribution in [0.15, 0.2) is 35.7 Å². The van der Waals surface area contributed by atoms with Crippen LogP contribution in [0.3, 0.4) is 0 Å². The Balaban J connectivity index is 1.98. The van der Waals surface area contributed by atoms with Crippen molar-refractivity contribution in [2.24, 2.45) is 0 Å². The summed E-state index contributed by atoms with van der Waals surface area (Å²) in [6.45, 7) is 5.13. The summed E-state index contributed by atoms with van der Waals surface area (Å²) in [4.78, 5) is 1.21. The summed E-state index contributed by atoms with van der Waals surface area (Å²) < 4.78 is 0. The van der Waals surface area contributed by atoms with E-state index >= 15 is 0 Å². The van der Waals surface area contributed by atoms with Gasteiger partial charge in [0.05, 0.1) is 0 Å². The lowest BCUT2D eigenvalue weighted by Gasteiger charge is -2.14. The van der Waals surface area contributed by atoms with Crippen LogP contribution in [0.25, 0.3) is 0 Å². The van der Waals surface area contributed by atoms with Crippen LogP contribution in [0.1, 0.15) is 29.0 Å². The maximum atomic E-state index is 5.86. The van der Waals surface area contributed by atoms with Gasteiger partial charge in [0.1, 0.15) is 0 Å². The van der Waals surface area contributed by atoms with Crippen LogP contribution in [-0.2, 0) is 6.54 Å². The van der Waals surface area contributed by atoms with Crippen LogP contribution in [-0.4, -0.2) is 0 Å². The smallest absolute Gasteiger partial charge is 0.0468 e. The van der Waals surface area contributed by atoms with E-state index in [0.717, 1.165) is 12.2 Å². The first-order valence-electron chi connectivity index (χ1n) is 5.78. The molecule has 2 aromatic rings. The number of thiophene rings is 1. The molecule has 90 valence electrons. The van der Waals surface area contributed by atoms with E-state index in [1.807, 2.05) is 11.4 Å². The number of hydrogen-bond acceptors (Lipinski definition) is 3. The summed E-state index contributed by atoms with van der Waals surface area (Å²) in [7, 11) is 0. The quantitative estimate of drug-likeness (QED) is 0.866. The van der Waals surface area contributed by atoms with Crippen LogP contribution >= 0.6 is 11.3 Å². The third kappa shape index (κ3) is 3.08. The summed E-state index contributed by atoms with van der Waals surface area (Å²) in [5, 5.41) is 5.53. The highest BCUT2D eigenvalue weighted by Crippen LogP contribution is 2.20. The topological polar surface area (TPSA) is 38.0 Å². The van der Waals surface area contributed by atoms with Crippen molar-refractivity contribution in [3.05, 3.63) is 51.7 Å². The second-order valence-electron chi connectivity index (χ2n) is 4.32. The molecule has 1 heterocycles. The zero-order chi connectivity index (χ0) is 12.3. The molecule has 1 aromatic carbocycles. The molecule has 0 fully saturated rings. The number of nitrogen functional groups attached to an aromatic ring is 1. The highest BCUT2D eigenvalue weighted by Gasteiger charge is 2.06. The minimum absolute atomic E-state index is 0.344. The highest BCUT2D eigenvalue weighted by atomic mass is 32.1. The first kappa shape index (κ1) is 12.1. The Labute approximate surface area is 106 Å². The minimum Gasteiger partial charge on any atom is -0.398 e. The maximum Gasteiger partial charge on any atom is 0.0468 e. The molecule has 0 unspecified atom stereocenters. The van der Waals surface area contributed by atoms with Crippen molar-refractivity contribution in [1.82, 2.24) is 5.32 Å². The van der Waals surface area contributed by atoms with Gasteiger partial charge in [0, 0.05) is 23.2 Å². The van der Waals surface area contributed by atoms with Gasteiger partial charge in [-0.2, -0.15) is 0 Å². The van der Waals surface area contributed by atoms with Crippen molar-refractivity contribution in [2.75, 3.05) is 5.73 Å². The van der Waals surface area contributed by atoms with E-state index in [0.29, 0.717) is 6.04 Å². The van der Waals surface area contributed by atoms with Crippen molar-refractivity contribution in [3.63, 3.8) is 0 Å². The van der Waals surface area contributed by atoms with Gasteiger partial charge >= 0.3 is 0 Å². The molecule has 0 bridgehead atoms. The van der Waals surface area contributed by atoms with Crippen molar-refractivity contribution < 1.29 is 0 Å². The van der Waals surface area contributed by atoms with Crippen molar-refractivity contribution >= 4 is 17.0 Å². The number of nitrogens with one attached hydrogen (secondary N) is 1. The van der Waals surface area contributed by atoms with Gasteiger partial charge in [0.25, 0.3) is 0 Å². The molecule has 0 aliphatic heterocycles. The molecule has 0 spiro atoms. The van der Waals surface area contributed by atoms with E-state index in [1.54, 1.807) is 11.3 Å². The molecule has 0 saturated carbocycles. The van der Waals surface area contributed by atoms with E-state index in [4.69, 9.17) is 5.73 Å². The van der Waals surface area contributed by atoms with Crippen LogP contribution in [0.2, 0.25) is 0 Å². The monoisotopic (exact) mass is 246 g/mol. The number of rotatable bonds is 4. The first-order chi connectivity index (χ1) is 8.16. The van der Waals surface area contributed by atoms with Gasteiger partial charge < -0.3 is 11.1 Å². The summed E-state index contributed by atoms with van der Waals surface area (Å²) in [5.74, 6) is 0. The number of nitrogens with two attached hydrogens (primary N) is 1. The third-order valence-electron chi connectivity index (χ3n) is 2.89. The number of hydrogen-bond donors (Lipinski definition) is 2. The molecule has 0 amide bonds. The maximum absolute atomic E-state index is 5.86. The molecular weight excluding hydrogens is 228 g/mol. The molecule has 0 radical (unpaired) electrons. The minimum atomic E-state index is 0.344. The molecule has 2 nitrogen and oxygen atoms in total. The zero-order valence-corrected chi connectivity index (χ0v) is 11.1. The van der Waals surface area contributed by atoms with Crippen LogP contribution < -0.4 is 11.1 Å². The van der Waals surface area contributed by atoms with Gasteiger partial charge in [-0.3, -0.25) is 0 Å². The molecular formula is C14H18N2S. The SMILES string of the molecule is Cc1cccc([C@@H](C)NCc2sccc2N)c1. The number of anilines is 1. The Kier molecular flexibility index (Phi) is 3.82. The lowest BCUT2D eigenvalue weighted by Crippen LogP contribution is -2.18. The highest BCUT2D eigenvalue weighted by molar-refractivity contribution is 7.10. The van der Waals surface area contributed by atoms with E-state index in [2.05, 4.69) is 43.4 Å². The average Bonchev–Trinajstić information content (AvgIpc) is 2.72. The number of benzene rings is 1. The van der Waals surface area contributed by atoms with E-state index < -0.39 is 0 Å². The van der Waals surface area contributed by atoms with Gasteiger partial charge in [-0.15, -0.1) is 11.3 Å². The van der Waals surface area contributed by atoms with Gasteiger partial charge in [-0.05, 0) is 30.9 Å². The van der Waals surface area contributed by atoms with Gasteiger partial charge in [0.2, 0.25) is 0 Å². The summed E-state index contributed by atoms with van der Waals surface area (Å²) in [5.41, 5.74) is 9.37. The fourth-order valence-electron chi connectivity index (χ4n) is 1.80. The van der Waals surface area contributed by atoms with Crippen molar-refractivity contribution in [2.45, 2.75) is 26.4 Å². The van der Waals surface area contributed by atoms with E-state index in [9.17, 15) is 0 Å². The second-order valence-corrected chi connectivity index (χ2v) is 5.32. The van der Waals surface area contributed by atoms with E-state index in [-0.39, 0.29) is 0 Å². The standard InChI is InChI=1S/C14H18N2S/c1-10-4-3-5-12(8-10)11(2)16-9-14-13(15)6-7-17-14/h3-8,11,16H,9,15H2,1-2H3/t11-/m1/s1. The summed E-state index contributed by atoms with van der Waals surface area (Å²) in [6, 6.07) is 10.9. The molecule has 2 rings (SSSR count). The first-order valence-corrected chi connectivity index (χ1v) is 6.66. The Bertz CT molecular complexity index is 490. The molecule has 0 saturated heterocycles. The predicted octanol–water partition coefficient (Wildman–Crippen LogP) is 3.49. The second kappa shape index (κ2) is 5.34. The average molecular weight is 246 g/mol. The van der Waals surface area contributed by atoms with Crippen LogP contribution in [0, 0.1) is 6.92 Å². The fraction of sp³-hybridized carbons (Fsp3) is 0.286. The molecule has 17 heavy (non-hydrogen) atoms. The van der Waals surface area contributed by atoms with Crippen LogP contribution in [0.5, 0.6) is 0 Å². The normalized spacial score (nSPS) is 12.6. The zero-order valence-electron chi connectivity index (χ0n) is 10.2. The van der Waals surface area contributed by atoms with Crippen molar-refractivity contribution in [1.29, 1.82) is 0 Å². The largest absolute Gasteiger partial charge is 0.398 e. The summed E-state index contributed by atoms with van der Waals surface area (Å²) in [6.07, 6.45) is 0. The molecule has 1 atom stereocenters. The van der Waals surface area contributed by atoms with Gasteiger partial charge in [0.15, 0.2) is 0 Å². The molecule has 3 N–H and O–H groups in total. The van der Waals surface area contributed by atoms with Gasteiger partial charge in [-0.1, -0.05) is 29.8 Å². The Morgan fingerprint density at radius 3 is 2.82 bits per heavy atom. The Hall–Kier alpha value is -1.32. The molecule has 0 aliphatic rings. The Morgan fingerprint density at radius 1 is 1.35 bits per heavy atom. The summed E-state index contributed by atoms with van der Waals surface area (Å²) >= 11 is 1.70. The van der Waals surface area contributed by atoms with E-state index in [1.165, 1.54) is 16.0 Å². The fourth-order valence-corrected chi connectivity index (χ4v) is 2.55. The molecule has 0 aliphatic carbocycles. The lowest BCUT2D eigenvalue weighted by molar-refractivity contribution is 0.579. The predicted molar refractivity (Wildman–Crippen MR) is 75.2 cm³/mol. The third-order valence-corrected chi connectivity index (χ3v) is 3.83. The van der Waals surface area contributed by atoms with Crippen LogP contribution in [0.4, 0.5) is 5.69 Å². The molecule has 1 aromatic heterocycles. The molecule has 3 heteroatoms. The number of aryl methyl sites for hydroxylation is 1. The van der Waals surface area contributed by atoms with Crippen molar-refractivity contribution in [3.8, 4) is 0 Å².